The summed E-state index contributed by atoms with van der Waals surface area (Å²) in [6.45, 7) is 0. The monoisotopic (exact) mass is 1100 g/mol. The second-order valence-electron chi connectivity index (χ2n) is 19.2. The first-order valence-corrected chi connectivity index (χ1v) is 28.0. The Morgan fingerprint density at radius 3 is 1.24 bits per heavy atom. The van der Waals surface area contributed by atoms with Crippen molar-refractivity contribution in [2.24, 2.45) is 0 Å². The molecule has 0 spiro atoms. The highest BCUT2D eigenvalue weighted by Gasteiger charge is 2.17. The molecule has 0 atom stereocenters. The Kier molecular flexibility index (Phi) is 12.2. The lowest BCUT2D eigenvalue weighted by Crippen LogP contribution is -2.29. The van der Waals surface area contributed by atoms with Crippen LogP contribution in [0.1, 0.15) is 0 Å². The van der Waals surface area contributed by atoms with Gasteiger partial charge in [-0.05, 0) is 96.8 Å². The van der Waals surface area contributed by atoms with Gasteiger partial charge in [0.25, 0.3) is 0 Å². The Labute approximate surface area is 464 Å². The van der Waals surface area contributed by atoms with E-state index in [-0.39, 0.29) is 0 Å². The van der Waals surface area contributed by atoms with Gasteiger partial charge in [-0.25, -0.2) is 0 Å². The fraction of sp³-hybridized carbons (Fsp3) is 0. The summed E-state index contributed by atoms with van der Waals surface area (Å²) in [7, 11) is -1.44. The maximum atomic E-state index is 9.38. The van der Waals surface area contributed by atoms with Gasteiger partial charge in [0.1, 0.15) is 0 Å². The minimum atomic E-state index is -1.44. The van der Waals surface area contributed by atoms with Crippen LogP contribution in [0.5, 0.6) is 0 Å². The largest absolute Gasteiger partial charge is 0.488 e. The first kappa shape index (κ1) is 47.7. The van der Waals surface area contributed by atoms with Crippen molar-refractivity contribution in [1.29, 1.82) is 0 Å². The molecule has 0 unspecified atom stereocenters. The molecule has 0 aliphatic carbocycles. The number of rotatable bonds is 4. The first-order chi connectivity index (χ1) is 38.4. The molecule has 4 aromatic heterocycles. The van der Waals surface area contributed by atoms with E-state index in [1.807, 2.05) is 41.7 Å². The number of hydrogen-bond acceptors (Lipinski definition) is 8. The van der Waals surface area contributed by atoms with Crippen molar-refractivity contribution >= 4 is 157 Å². The molecule has 6 nitrogen and oxygen atoms in total. The van der Waals surface area contributed by atoms with Crippen LogP contribution in [0.15, 0.2) is 248 Å². The van der Waals surface area contributed by atoms with Crippen LogP contribution in [-0.4, -0.2) is 37.1 Å². The van der Waals surface area contributed by atoms with Crippen LogP contribution in [-0.2, 0) is 0 Å². The highest BCUT2D eigenvalue weighted by Crippen LogP contribution is 2.43. The molecule has 78 heavy (non-hydrogen) atoms. The summed E-state index contributed by atoms with van der Waals surface area (Å²) in [5.74, 6) is 0. The minimum Gasteiger partial charge on any atom is -0.423 e. The predicted molar refractivity (Wildman–Crippen MR) is 335 cm³/mol. The number of fused-ring (bicyclic) bond motifs is 18. The average Bonchev–Trinajstić information content (AvgIpc) is 4.21. The van der Waals surface area contributed by atoms with Crippen LogP contribution >= 0.6 is 38.6 Å². The van der Waals surface area contributed by atoms with Gasteiger partial charge in [0.05, 0.1) is 22.1 Å². The summed E-state index contributed by atoms with van der Waals surface area (Å²) in [4.78, 5) is 18.4. The second kappa shape index (κ2) is 20.0. The zero-order chi connectivity index (χ0) is 52.3. The Morgan fingerprint density at radius 1 is 0.308 bits per heavy atom. The molecule has 0 radical (unpaired) electrons. The van der Waals surface area contributed by atoms with Crippen LogP contribution in [0.3, 0.4) is 0 Å². The van der Waals surface area contributed by atoms with Crippen molar-refractivity contribution in [3.8, 4) is 33.4 Å². The van der Waals surface area contributed by atoms with Gasteiger partial charge in [-0.2, -0.15) is 0 Å². The van der Waals surface area contributed by atoms with Gasteiger partial charge in [0.2, 0.25) is 0 Å². The van der Waals surface area contributed by atoms with Gasteiger partial charge >= 0.3 is 7.12 Å². The number of benzene rings is 12. The van der Waals surface area contributed by atoms with Gasteiger partial charge in [-0.15, -0.1) is 22.7 Å². The fourth-order valence-corrected chi connectivity index (χ4v) is 13.9. The van der Waals surface area contributed by atoms with E-state index < -0.39 is 7.12 Å². The van der Waals surface area contributed by atoms with Gasteiger partial charge < -0.3 is 10.0 Å². The standard InChI is InChI=1S/C34H20N2S.C18H13BO2S.C16H9BrN2/c1-2-11-27-25(9-1)30-20-22(15-16-28(30)33-32(27)35-17-18-36-33)21-7-5-8-23(19-21)24-12-6-13-29-26-10-3-4-14-31(26)37-34(24)29;20-19(21)13-6-3-5-12(11-13)14-8-4-9-16-15-7-1-2-10-17(15)22-18(14)16;17-10-5-6-13-14(9-10)11-3-1-2-4-12(11)15-16(13)19-8-7-18-15/h1-20H;1-11,20-21H;1-9H. The Hall–Kier alpha value is -8.74. The molecular formula is C68H42BBrN4O2S2. The molecule has 10 heteroatoms. The zero-order valence-corrected chi connectivity index (χ0v) is 44.8. The molecule has 0 aliphatic rings. The topological polar surface area (TPSA) is 92.0 Å². The molecule has 0 saturated heterocycles. The number of aromatic nitrogens is 4. The van der Waals surface area contributed by atoms with Crippen molar-refractivity contribution < 1.29 is 10.0 Å². The lowest BCUT2D eigenvalue weighted by Gasteiger charge is -2.11. The summed E-state index contributed by atoms with van der Waals surface area (Å²) in [6, 6.07) is 76.2. The van der Waals surface area contributed by atoms with Crippen molar-refractivity contribution in [1.82, 2.24) is 19.9 Å². The van der Waals surface area contributed by atoms with E-state index in [0.29, 0.717) is 5.46 Å². The highest BCUT2D eigenvalue weighted by molar-refractivity contribution is 9.10. The number of thiophene rings is 2. The third-order valence-electron chi connectivity index (χ3n) is 14.7. The average molecular weight is 1100 g/mol. The molecule has 16 aromatic rings. The summed E-state index contributed by atoms with van der Waals surface area (Å²) < 4.78 is 6.25. The molecule has 0 amide bonds. The third-order valence-corrected chi connectivity index (χ3v) is 17.6. The Bertz CT molecular complexity index is 4950. The molecule has 0 fully saturated rings. The van der Waals surface area contributed by atoms with Crippen LogP contribution < -0.4 is 5.46 Å². The second-order valence-corrected chi connectivity index (χ2v) is 22.2. The normalized spacial score (nSPS) is 11.5. The zero-order valence-electron chi connectivity index (χ0n) is 41.5. The molecule has 368 valence electrons. The lowest BCUT2D eigenvalue weighted by molar-refractivity contribution is 0.426. The first-order valence-electron chi connectivity index (χ1n) is 25.6. The van der Waals surface area contributed by atoms with E-state index in [4.69, 9.17) is 4.98 Å². The predicted octanol–water partition coefficient (Wildman–Crippen LogP) is 17.7. The summed E-state index contributed by atoms with van der Waals surface area (Å²) in [5.41, 5.74) is 11.4. The Balaban J connectivity index is 0.000000115. The van der Waals surface area contributed by atoms with E-state index >= 15 is 0 Å². The molecule has 2 N–H and O–H groups in total. The van der Waals surface area contributed by atoms with Crippen LogP contribution in [0, 0.1) is 0 Å². The SMILES string of the molecule is Brc1ccc2c(c1)c1ccccc1c1nccnc21.OB(O)c1cccc(-c2cccc3c2sc2ccccc23)c1.c1cc(-c2ccc3c(c2)c2ccccc2c2nccnc32)cc(-c2cccc3c2sc2ccccc23)c1. The van der Waals surface area contributed by atoms with E-state index in [9.17, 15) is 10.0 Å². The van der Waals surface area contributed by atoms with Crippen molar-refractivity contribution in [2.75, 3.05) is 0 Å². The van der Waals surface area contributed by atoms with E-state index in [0.717, 1.165) is 59.2 Å². The fourth-order valence-electron chi connectivity index (χ4n) is 11.1. The molecule has 0 aliphatic heterocycles. The number of halogens is 1. The van der Waals surface area contributed by atoms with Crippen LogP contribution in [0.25, 0.3) is 139 Å². The third kappa shape index (κ3) is 8.42. The molecule has 16 rings (SSSR count). The molecule has 12 aromatic carbocycles. The van der Waals surface area contributed by atoms with Crippen molar-refractivity contribution in [2.45, 2.75) is 0 Å². The molecule has 4 heterocycles. The lowest BCUT2D eigenvalue weighted by atomic mass is 9.79. The summed E-state index contributed by atoms with van der Waals surface area (Å²) in [6.07, 6.45) is 7.05. The molecule has 0 bridgehead atoms. The van der Waals surface area contributed by atoms with Gasteiger partial charge in [-0.3, -0.25) is 19.9 Å². The number of hydrogen-bond donors (Lipinski definition) is 2. The summed E-state index contributed by atoms with van der Waals surface area (Å²) in [5, 5.41) is 33.3. The van der Waals surface area contributed by atoms with E-state index in [1.54, 1.807) is 42.2 Å². The van der Waals surface area contributed by atoms with Gasteiger partial charge in [-0.1, -0.05) is 198 Å². The van der Waals surface area contributed by atoms with Gasteiger partial charge in [0.15, 0.2) is 0 Å². The van der Waals surface area contributed by atoms with E-state index in [1.165, 1.54) is 84.1 Å². The van der Waals surface area contributed by atoms with Gasteiger partial charge in [0, 0.05) is 91.1 Å². The maximum Gasteiger partial charge on any atom is 0.488 e. The van der Waals surface area contributed by atoms with Crippen LogP contribution in [0.4, 0.5) is 0 Å². The van der Waals surface area contributed by atoms with Crippen molar-refractivity contribution in [3.63, 3.8) is 0 Å². The molecule has 0 saturated carbocycles. The van der Waals surface area contributed by atoms with Crippen molar-refractivity contribution in [3.05, 3.63) is 248 Å². The van der Waals surface area contributed by atoms with Crippen LogP contribution in [0.2, 0.25) is 0 Å². The highest BCUT2D eigenvalue weighted by atomic mass is 79.9. The Morgan fingerprint density at radius 2 is 0.705 bits per heavy atom. The number of nitrogens with zero attached hydrogens (tertiary/aromatic N) is 4. The quantitative estimate of drug-likeness (QED) is 0.135. The maximum absolute atomic E-state index is 9.38. The molecular weight excluding hydrogens is 1060 g/mol. The minimum absolute atomic E-state index is 0.510. The summed E-state index contributed by atoms with van der Waals surface area (Å²) >= 11 is 7.19. The smallest absolute Gasteiger partial charge is 0.423 e. The van der Waals surface area contributed by atoms with E-state index in [2.05, 4.69) is 213 Å².